The number of hydrogen-bond acceptors (Lipinski definition) is 3. The quantitative estimate of drug-likeness (QED) is 0.328. The van der Waals surface area contributed by atoms with Crippen LogP contribution in [0, 0.1) is 0 Å². The molecule has 0 amide bonds. The van der Waals surface area contributed by atoms with Gasteiger partial charge in [0.05, 0.1) is 0 Å². The Morgan fingerprint density at radius 3 is 2.40 bits per heavy atom. The van der Waals surface area contributed by atoms with E-state index < -0.39 is 0 Å². The molecule has 2 nitrogen and oxygen atoms in total. The normalized spacial score (nSPS) is 11.9. The molecule has 2 N–H and O–H groups in total. The van der Waals surface area contributed by atoms with Gasteiger partial charge in [-0.15, -0.1) is 11.8 Å². The van der Waals surface area contributed by atoms with Crippen molar-refractivity contribution < 1.29 is 4.79 Å². The van der Waals surface area contributed by atoms with E-state index in [2.05, 4.69) is 0 Å². The molecule has 0 spiro atoms. The van der Waals surface area contributed by atoms with E-state index >= 15 is 0 Å². The van der Waals surface area contributed by atoms with E-state index in [1.54, 1.807) is 11.8 Å². The molecule has 0 bridgehead atoms. The monoisotopic (exact) mass is 367 g/mol. The molecule has 0 radical (unpaired) electrons. The molecule has 1 atom stereocenters. The number of carbonyl (C=O) groups is 1. The summed E-state index contributed by atoms with van der Waals surface area (Å²) in [6.45, 7) is 0. The van der Waals surface area contributed by atoms with Gasteiger partial charge < -0.3 is 5.73 Å². The molecule has 0 fully saturated rings. The minimum absolute atomic E-state index is 0.0592. The third-order valence-corrected chi connectivity index (χ3v) is 5.46. The third-order valence-electron chi connectivity index (χ3n) is 3.88. The summed E-state index contributed by atoms with van der Waals surface area (Å²) in [6.07, 6.45) is 0.378. The number of Topliss-reactive ketones (excluding diaryl/α,β-unsaturated/α-hetero) is 1. The van der Waals surface area contributed by atoms with E-state index in [1.807, 2.05) is 78.9 Å². The van der Waals surface area contributed by atoms with Gasteiger partial charge in [-0.1, -0.05) is 66.2 Å². The van der Waals surface area contributed by atoms with Gasteiger partial charge in [0, 0.05) is 32.8 Å². The number of halogens is 1. The van der Waals surface area contributed by atoms with Gasteiger partial charge in [0.1, 0.15) is 0 Å². The van der Waals surface area contributed by atoms with Crippen LogP contribution < -0.4 is 5.73 Å². The standard InChI is InChI=1S/C21H18ClNOS/c22-17-10-6-9-16(13-17)21(25-20-12-5-4-11-18(20)23)14-19(24)15-7-2-1-3-8-15/h1-13,21H,14,23H2/t21-/m0/s1. The van der Waals surface area contributed by atoms with Crippen molar-refractivity contribution in [3.63, 3.8) is 0 Å². The Labute approximate surface area is 157 Å². The molecule has 3 aromatic rings. The Morgan fingerprint density at radius 1 is 0.960 bits per heavy atom. The van der Waals surface area contributed by atoms with E-state index in [0.717, 1.165) is 16.0 Å². The summed E-state index contributed by atoms with van der Waals surface area (Å²) in [5.41, 5.74) is 8.54. The Balaban J connectivity index is 1.89. The molecule has 0 saturated carbocycles. The average molecular weight is 368 g/mol. The van der Waals surface area contributed by atoms with Gasteiger partial charge in [0.15, 0.2) is 5.78 Å². The molecule has 3 aromatic carbocycles. The zero-order chi connectivity index (χ0) is 17.6. The highest BCUT2D eigenvalue weighted by Gasteiger charge is 2.20. The van der Waals surface area contributed by atoms with Gasteiger partial charge in [-0.2, -0.15) is 0 Å². The molecule has 0 aromatic heterocycles. The number of carbonyl (C=O) groups excluding carboxylic acids is 1. The number of nitrogens with two attached hydrogens (primary N) is 1. The minimum atomic E-state index is -0.0592. The van der Waals surface area contributed by atoms with Crippen molar-refractivity contribution in [3.8, 4) is 0 Å². The Bertz CT molecular complexity index is 867. The Morgan fingerprint density at radius 2 is 1.68 bits per heavy atom. The van der Waals surface area contributed by atoms with Crippen LogP contribution in [0.2, 0.25) is 5.02 Å². The molecule has 0 heterocycles. The number of para-hydroxylation sites is 1. The van der Waals surface area contributed by atoms with Crippen molar-refractivity contribution in [1.29, 1.82) is 0 Å². The molecule has 25 heavy (non-hydrogen) atoms. The highest BCUT2D eigenvalue weighted by molar-refractivity contribution is 7.99. The van der Waals surface area contributed by atoms with Gasteiger partial charge >= 0.3 is 0 Å². The smallest absolute Gasteiger partial charge is 0.164 e. The van der Waals surface area contributed by atoms with Crippen molar-refractivity contribution in [2.24, 2.45) is 0 Å². The lowest BCUT2D eigenvalue weighted by Crippen LogP contribution is -2.06. The number of rotatable bonds is 6. The topological polar surface area (TPSA) is 43.1 Å². The van der Waals surface area contributed by atoms with Crippen LogP contribution in [0.1, 0.15) is 27.6 Å². The van der Waals surface area contributed by atoms with Crippen LogP contribution in [0.5, 0.6) is 0 Å². The largest absolute Gasteiger partial charge is 0.398 e. The number of ketones is 1. The van der Waals surface area contributed by atoms with Crippen molar-refractivity contribution in [3.05, 3.63) is 95.0 Å². The van der Waals surface area contributed by atoms with Crippen LogP contribution in [0.3, 0.4) is 0 Å². The van der Waals surface area contributed by atoms with Gasteiger partial charge in [-0.3, -0.25) is 4.79 Å². The molecule has 0 saturated heterocycles. The second-order valence-corrected chi connectivity index (χ2v) is 7.37. The lowest BCUT2D eigenvalue weighted by atomic mass is 10.0. The molecule has 0 aliphatic carbocycles. The van der Waals surface area contributed by atoms with E-state index in [1.165, 1.54) is 0 Å². The lowest BCUT2D eigenvalue weighted by molar-refractivity contribution is 0.0982. The minimum Gasteiger partial charge on any atom is -0.398 e. The summed E-state index contributed by atoms with van der Waals surface area (Å²) >= 11 is 7.75. The lowest BCUT2D eigenvalue weighted by Gasteiger charge is -2.18. The van der Waals surface area contributed by atoms with Gasteiger partial charge in [0.2, 0.25) is 0 Å². The van der Waals surface area contributed by atoms with Crippen molar-refractivity contribution in [1.82, 2.24) is 0 Å². The highest BCUT2D eigenvalue weighted by atomic mass is 35.5. The molecular weight excluding hydrogens is 350 g/mol. The van der Waals surface area contributed by atoms with Gasteiger partial charge in [-0.25, -0.2) is 0 Å². The molecule has 4 heteroatoms. The highest BCUT2D eigenvalue weighted by Crippen LogP contribution is 2.41. The van der Waals surface area contributed by atoms with Gasteiger partial charge in [-0.05, 0) is 29.8 Å². The van der Waals surface area contributed by atoms with E-state index in [-0.39, 0.29) is 11.0 Å². The summed E-state index contributed by atoms with van der Waals surface area (Å²) < 4.78 is 0. The summed E-state index contributed by atoms with van der Waals surface area (Å²) in [7, 11) is 0. The maximum Gasteiger partial charge on any atom is 0.164 e. The van der Waals surface area contributed by atoms with Gasteiger partial charge in [0.25, 0.3) is 0 Å². The zero-order valence-corrected chi connectivity index (χ0v) is 15.1. The molecule has 0 aliphatic rings. The first-order valence-electron chi connectivity index (χ1n) is 7.98. The average Bonchev–Trinajstić information content (AvgIpc) is 2.63. The van der Waals surface area contributed by atoms with Crippen LogP contribution in [0.25, 0.3) is 0 Å². The summed E-state index contributed by atoms with van der Waals surface area (Å²) in [5.74, 6) is 0.104. The number of nitrogen functional groups attached to an aromatic ring is 1. The molecule has 3 rings (SSSR count). The first-order chi connectivity index (χ1) is 12.1. The fraction of sp³-hybridized carbons (Fsp3) is 0.0952. The van der Waals surface area contributed by atoms with Crippen LogP contribution in [-0.2, 0) is 0 Å². The first-order valence-corrected chi connectivity index (χ1v) is 9.24. The molecule has 0 unspecified atom stereocenters. The third kappa shape index (κ3) is 4.65. The maximum atomic E-state index is 12.7. The van der Waals surface area contributed by atoms with Crippen molar-refractivity contribution in [2.75, 3.05) is 5.73 Å². The van der Waals surface area contributed by atoms with E-state index in [9.17, 15) is 4.79 Å². The van der Waals surface area contributed by atoms with Crippen molar-refractivity contribution in [2.45, 2.75) is 16.6 Å². The van der Waals surface area contributed by atoms with Crippen LogP contribution in [-0.4, -0.2) is 5.78 Å². The zero-order valence-electron chi connectivity index (χ0n) is 13.6. The Hall–Kier alpha value is -2.23. The van der Waals surface area contributed by atoms with E-state index in [0.29, 0.717) is 17.1 Å². The van der Waals surface area contributed by atoms with Crippen LogP contribution >= 0.6 is 23.4 Å². The summed E-state index contributed by atoms with van der Waals surface area (Å²) in [6, 6.07) is 24.7. The second-order valence-electron chi connectivity index (χ2n) is 5.69. The SMILES string of the molecule is Nc1ccccc1S[C@@H](CC(=O)c1ccccc1)c1cccc(Cl)c1. The number of anilines is 1. The summed E-state index contributed by atoms with van der Waals surface area (Å²) in [4.78, 5) is 13.7. The fourth-order valence-electron chi connectivity index (χ4n) is 2.59. The maximum absolute atomic E-state index is 12.7. The molecule has 126 valence electrons. The Kier molecular flexibility index (Phi) is 5.79. The van der Waals surface area contributed by atoms with Crippen LogP contribution in [0.15, 0.2) is 83.8 Å². The predicted molar refractivity (Wildman–Crippen MR) is 106 cm³/mol. The fourth-order valence-corrected chi connectivity index (χ4v) is 3.97. The number of benzene rings is 3. The summed E-state index contributed by atoms with van der Waals surface area (Å²) in [5, 5.41) is 0.604. The molecule has 0 aliphatic heterocycles. The number of hydrogen-bond donors (Lipinski definition) is 1. The molecular formula is C21H18ClNOS. The first kappa shape index (κ1) is 17.6. The second kappa shape index (κ2) is 8.24. The predicted octanol–water partition coefficient (Wildman–Crippen LogP) is 6.03. The number of thioether (sulfide) groups is 1. The van der Waals surface area contributed by atoms with Crippen LogP contribution in [0.4, 0.5) is 5.69 Å². The van der Waals surface area contributed by atoms with E-state index in [4.69, 9.17) is 17.3 Å². The van der Waals surface area contributed by atoms with Crippen molar-refractivity contribution >= 4 is 34.8 Å².